The summed E-state index contributed by atoms with van der Waals surface area (Å²) in [6, 6.07) is 9.78. The third kappa shape index (κ3) is 5.19. The van der Waals surface area contributed by atoms with Gasteiger partial charge in [0.05, 0.1) is 31.0 Å². The van der Waals surface area contributed by atoms with Crippen molar-refractivity contribution in [1.82, 2.24) is 9.88 Å². The molecule has 0 aliphatic heterocycles. The van der Waals surface area contributed by atoms with Crippen LogP contribution in [0, 0.1) is 11.3 Å². The normalized spacial score (nSPS) is 11.7. The number of benzene rings is 1. The van der Waals surface area contributed by atoms with Crippen molar-refractivity contribution in [3.63, 3.8) is 0 Å². The standard InChI is InChI=1S/C19H25N3O2/c1-19(2,3)17-12-21-18(24-17)14-22(9-10-23-4)13-16-7-5-15(11-20)6-8-16/h5-8,12H,9-10,13-14H2,1-4H3. The Morgan fingerprint density at radius 3 is 2.46 bits per heavy atom. The molecule has 1 heterocycles. The topological polar surface area (TPSA) is 62.3 Å². The summed E-state index contributed by atoms with van der Waals surface area (Å²) >= 11 is 0. The fourth-order valence-electron chi connectivity index (χ4n) is 2.30. The molecule has 5 nitrogen and oxygen atoms in total. The van der Waals surface area contributed by atoms with Gasteiger partial charge >= 0.3 is 0 Å². The zero-order valence-electron chi connectivity index (χ0n) is 14.9. The average molecular weight is 327 g/mol. The molecular formula is C19H25N3O2. The van der Waals surface area contributed by atoms with E-state index in [-0.39, 0.29) is 5.41 Å². The van der Waals surface area contributed by atoms with Crippen LogP contribution in [0.4, 0.5) is 0 Å². The minimum absolute atomic E-state index is 0.0459. The maximum atomic E-state index is 8.89. The number of aromatic nitrogens is 1. The highest BCUT2D eigenvalue weighted by Gasteiger charge is 2.20. The van der Waals surface area contributed by atoms with Crippen molar-refractivity contribution in [3.05, 3.63) is 53.2 Å². The number of ether oxygens (including phenoxy) is 1. The van der Waals surface area contributed by atoms with Gasteiger partial charge in [0.2, 0.25) is 5.89 Å². The highest BCUT2D eigenvalue weighted by Crippen LogP contribution is 2.23. The van der Waals surface area contributed by atoms with Crippen molar-refractivity contribution in [2.24, 2.45) is 0 Å². The van der Waals surface area contributed by atoms with Crippen LogP contribution in [-0.4, -0.2) is 30.1 Å². The van der Waals surface area contributed by atoms with Gasteiger partial charge in [0.15, 0.2) is 0 Å². The molecule has 2 aromatic rings. The van der Waals surface area contributed by atoms with E-state index in [1.807, 2.05) is 30.5 Å². The van der Waals surface area contributed by atoms with E-state index < -0.39 is 0 Å². The van der Waals surface area contributed by atoms with Crippen LogP contribution in [0.1, 0.15) is 43.5 Å². The zero-order valence-corrected chi connectivity index (χ0v) is 14.9. The van der Waals surface area contributed by atoms with Crippen LogP contribution in [0.2, 0.25) is 0 Å². The summed E-state index contributed by atoms with van der Waals surface area (Å²) in [5, 5.41) is 8.89. The smallest absolute Gasteiger partial charge is 0.208 e. The van der Waals surface area contributed by atoms with Crippen LogP contribution >= 0.6 is 0 Å². The zero-order chi connectivity index (χ0) is 17.6. The maximum absolute atomic E-state index is 8.89. The molecule has 0 amide bonds. The number of oxazole rings is 1. The highest BCUT2D eigenvalue weighted by atomic mass is 16.5. The van der Waals surface area contributed by atoms with Crippen LogP contribution in [0.25, 0.3) is 0 Å². The Balaban J connectivity index is 2.07. The maximum Gasteiger partial charge on any atom is 0.208 e. The first-order valence-electron chi connectivity index (χ1n) is 8.08. The minimum atomic E-state index is -0.0459. The Hall–Kier alpha value is -2.16. The second-order valence-electron chi connectivity index (χ2n) is 6.88. The lowest BCUT2D eigenvalue weighted by Crippen LogP contribution is -2.26. The molecule has 0 radical (unpaired) electrons. The number of nitriles is 1. The van der Waals surface area contributed by atoms with Crippen molar-refractivity contribution in [1.29, 1.82) is 5.26 Å². The van der Waals surface area contributed by atoms with E-state index >= 15 is 0 Å². The fraction of sp³-hybridized carbons (Fsp3) is 0.474. The van der Waals surface area contributed by atoms with Crippen molar-refractivity contribution in [2.45, 2.75) is 39.3 Å². The SMILES string of the molecule is COCCN(Cc1ccc(C#N)cc1)Cc1ncc(C(C)(C)C)o1. The number of nitrogens with zero attached hydrogens (tertiary/aromatic N) is 3. The van der Waals surface area contributed by atoms with Gasteiger partial charge < -0.3 is 9.15 Å². The molecule has 0 spiro atoms. The Labute approximate surface area is 143 Å². The first-order chi connectivity index (χ1) is 11.4. The van der Waals surface area contributed by atoms with E-state index in [1.165, 1.54) is 0 Å². The second-order valence-corrected chi connectivity index (χ2v) is 6.88. The quantitative estimate of drug-likeness (QED) is 0.779. The summed E-state index contributed by atoms with van der Waals surface area (Å²) in [4.78, 5) is 6.63. The lowest BCUT2D eigenvalue weighted by atomic mass is 9.94. The minimum Gasteiger partial charge on any atom is -0.444 e. The largest absolute Gasteiger partial charge is 0.444 e. The van der Waals surface area contributed by atoms with Crippen molar-refractivity contribution < 1.29 is 9.15 Å². The van der Waals surface area contributed by atoms with Crippen LogP contribution in [-0.2, 0) is 23.2 Å². The lowest BCUT2D eigenvalue weighted by Gasteiger charge is -2.20. The van der Waals surface area contributed by atoms with E-state index in [2.05, 4.69) is 36.7 Å². The molecule has 0 N–H and O–H groups in total. The average Bonchev–Trinajstić information content (AvgIpc) is 3.02. The van der Waals surface area contributed by atoms with Gasteiger partial charge in [-0.05, 0) is 17.7 Å². The number of methoxy groups -OCH3 is 1. The van der Waals surface area contributed by atoms with Gasteiger partial charge in [0.1, 0.15) is 5.76 Å². The highest BCUT2D eigenvalue weighted by molar-refractivity contribution is 5.31. The van der Waals surface area contributed by atoms with Gasteiger partial charge in [0.25, 0.3) is 0 Å². The van der Waals surface area contributed by atoms with Crippen molar-refractivity contribution >= 4 is 0 Å². The third-order valence-electron chi connectivity index (χ3n) is 3.75. The molecule has 0 aliphatic rings. The first-order valence-corrected chi connectivity index (χ1v) is 8.08. The van der Waals surface area contributed by atoms with E-state index in [9.17, 15) is 0 Å². The molecule has 0 atom stereocenters. The summed E-state index contributed by atoms with van der Waals surface area (Å²) in [6.07, 6.45) is 1.81. The van der Waals surface area contributed by atoms with Gasteiger partial charge in [0, 0.05) is 25.6 Å². The Bertz CT molecular complexity index is 678. The molecule has 0 saturated heterocycles. The van der Waals surface area contributed by atoms with Crippen molar-refractivity contribution in [3.8, 4) is 6.07 Å². The van der Waals surface area contributed by atoms with Crippen molar-refractivity contribution in [2.75, 3.05) is 20.3 Å². The molecule has 5 heteroatoms. The summed E-state index contributed by atoms with van der Waals surface area (Å²) in [5.41, 5.74) is 1.77. The third-order valence-corrected chi connectivity index (χ3v) is 3.75. The molecule has 0 aliphatic carbocycles. The van der Waals surface area contributed by atoms with Gasteiger partial charge in [-0.2, -0.15) is 5.26 Å². The molecule has 0 saturated carbocycles. The predicted molar refractivity (Wildman–Crippen MR) is 92.4 cm³/mol. The van der Waals surface area contributed by atoms with Gasteiger partial charge in [-0.15, -0.1) is 0 Å². The lowest BCUT2D eigenvalue weighted by molar-refractivity contribution is 0.133. The number of rotatable bonds is 7. The Morgan fingerprint density at radius 1 is 1.21 bits per heavy atom. The molecule has 2 rings (SSSR count). The number of hydrogen-bond donors (Lipinski definition) is 0. The Kier molecular flexibility index (Phi) is 6.13. The molecule has 128 valence electrons. The summed E-state index contributed by atoms with van der Waals surface area (Å²) in [6.45, 7) is 9.12. The van der Waals surface area contributed by atoms with Crippen LogP contribution < -0.4 is 0 Å². The van der Waals surface area contributed by atoms with Gasteiger partial charge in [-0.1, -0.05) is 32.9 Å². The summed E-state index contributed by atoms with van der Waals surface area (Å²) < 4.78 is 11.1. The molecular weight excluding hydrogens is 302 g/mol. The van der Waals surface area contributed by atoms with Gasteiger partial charge in [-0.25, -0.2) is 4.98 Å². The van der Waals surface area contributed by atoms with Gasteiger partial charge in [-0.3, -0.25) is 4.90 Å². The monoisotopic (exact) mass is 327 g/mol. The van der Waals surface area contributed by atoms with E-state index in [1.54, 1.807) is 7.11 Å². The molecule has 24 heavy (non-hydrogen) atoms. The van der Waals surface area contributed by atoms with E-state index in [0.29, 0.717) is 24.6 Å². The molecule has 0 bridgehead atoms. The predicted octanol–water partition coefficient (Wildman–Crippen LogP) is 3.49. The van der Waals surface area contributed by atoms with E-state index in [0.717, 1.165) is 24.4 Å². The molecule has 0 unspecified atom stereocenters. The fourth-order valence-corrected chi connectivity index (χ4v) is 2.30. The first kappa shape index (κ1) is 18.2. The summed E-state index contributed by atoms with van der Waals surface area (Å²) in [5.74, 6) is 1.60. The molecule has 1 aromatic heterocycles. The summed E-state index contributed by atoms with van der Waals surface area (Å²) in [7, 11) is 1.70. The molecule has 0 fully saturated rings. The Morgan fingerprint density at radius 2 is 1.92 bits per heavy atom. The number of hydrogen-bond acceptors (Lipinski definition) is 5. The van der Waals surface area contributed by atoms with E-state index in [4.69, 9.17) is 14.4 Å². The molecule has 1 aromatic carbocycles. The van der Waals surface area contributed by atoms with Crippen LogP contribution in [0.3, 0.4) is 0 Å². The second kappa shape index (κ2) is 8.09. The van der Waals surface area contributed by atoms with Crippen LogP contribution in [0.5, 0.6) is 0 Å². The van der Waals surface area contributed by atoms with Crippen LogP contribution in [0.15, 0.2) is 34.9 Å².